The van der Waals surface area contributed by atoms with Crippen molar-refractivity contribution in [1.82, 2.24) is 10.2 Å². The highest BCUT2D eigenvalue weighted by atomic mass is 35.5. The smallest absolute Gasteiger partial charge is 0.410 e. The van der Waals surface area contributed by atoms with Crippen molar-refractivity contribution in [2.24, 2.45) is 0 Å². The molecular formula is C17H22Cl2N2O3. The van der Waals surface area contributed by atoms with E-state index in [4.69, 9.17) is 27.9 Å². The van der Waals surface area contributed by atoms with Crippen LogP contribution in [0.15, 0.2) is 18.2 Å². The van der Waals surface area contributed by atoms with Crippen molar-refractivity contribution in [3.8, 4) is 0 Å². The van der Waals surface area contributed by atoms with E-state index in [9.17, 15) is 9.59 Å². The predicted octanol–water partition coefficient (Wildman–Crippen LogP) is 4.12. The molecule has 0 aromatic heterocycles. The number of piperidine rings is 1. The van der Waals surface area contributed by atoms with Crippen LogP contribution in [0.1, 0.15) is 44.0 Å². The number of carbonyl (C=O) groups is 2. The van der Waals surface area contributed by atoms with Crippen LogP contribution in [0.4, 0.5) is 4.79 Å². The van der Waals surface area contributed by atoms with Gasteiger partial charge in [-0.3, -0.25) is 4.79 Å². The maximum Gasteiger partial charge on any atom is 0.410 e. The van der Waals surface area contributed by atoms with Crippen molar-refractivity contribution in [3.05, 3.63) is 33.8 Å². The fourth-order valence-electron chi connectivity index (χ4n) is 2.47. The molecule has 0 bridgehead atoms. The van der Waals surface area contributed by atoms with E-state index in [1.807, 2.05) is 20.8 Å². The summed E-state index contributed by atoms with van der Waals surface area (Å²) in [4.78, 5) is 26.0. The lowest BCUT2D eigenvalue weighted by Gasteiger charge is -2.33. The van der Waals surface area contributed by atoms with Crippen molar-refractivity contribution < 1.29 is 14.3 Å². The fraction of sp³-hybridized carbons (Fsp3) is 0.529. The van der Waals surface area contributed by atoms with E-state index >= 15 is 0 Å². The second-order valence-electron chi connectivity index (χ2n) is 6.84. The summed E-state index contributed by atoms with van der Waals surface area (Å²) in [5, 5.41) is 3.77. The Balaban J connectivity index is 1.86. The maximum atomic E-state index is 12.3. The molecule has 0 radical (unpaired) electrons. The molecule has 0 aliphatic carbocycles. The van der Waals surface area contributed by atoms with Crippen LogP contribution < -0.4 is 5.32 Å². The number of hydrogen-bond acceptors (Lipinski definition) is 3. The molecule has 1 aliphatic rings. The molecule has 1 aromatic rings. The van der Waals surface area contributed by atoms with Crippen molar-refractivity contribution in [2.75, 3.05) is 13.1 Å². The van der Waals surface area contributed by atoms with Gasteiger partial charge in [-0.2, -0.15) is 0 Å². The van der Waals surface area contributed by atoms with E-state index in [1.165, 1.54) is 0 Å². The number of hydrogen-bond donors (Lipinski definition) is 1. The van der Waals surface area contributed by atoms with Crippen LogP contribution in [-0.4, -0.2) is 41.6 Å². The van der Waals surface area contributed by atoms with E-state index in [0.29, 0.717) is 41.5 Å². The molecule has 1 saturated heterocycles. The standard InChI is InChI=1S/C17H22Cl2N2O3/c1-17(2,3)24-16(23)21-8-6-12(7-9-21)20-15(22)13-5-4-11(18)10-14(13)19/h4-5,10,12H,6-9H2,1-3H3,(H,20,22). The Morgan fingerprint density at radius 3 is 2.38 bits per heavy atom. The average Bonchev–Trinajstić information content (AvgIpc) is 2.45. The van der Waals surface area contributed by atoms with Crippen LogP contribution in [0.25, 0.3) is 0 Å². The molecule has 0 saturated carbocycles. The van der Waals surface area contributed by atoms with Gasteiger partial charge >= 0.3 is 6.09 Å². The highest BCUT2D eigenvalue weighted by molar-refractivity contribution is 6.36. The van der Waals surface area contributed by atoms with Crippen LogP contribution in [0.5, 0.6) is 0 Å². The molecule has 7 heteroatoms. The topological polar surface area (TPSA) is 58.6 Å². The first-order valence-corrected chi connectivity index (χ1v) is 8.65. The molecule has 1 aromatic carbocycles. The number of carbonyl (C=O) groups excluding carboxylic acids is 2. The number of benzene rings is 1. The molecule has 132 valence electrons. The summed E-state index contributed by atoms with van der Waals surface area (Å²) >= 11 is 11.9. The molecule has 0 spiro atoms. The van der Waals surface area contributed by atoms with E-state index < -0.39 is 5.60 Å². The number of nitrogens with zero attached hydrogens (tertiary/aromatic N) is 1. The van der Waals surface area contributed by atoms with Gasteiger partial charge in [0.05, 0.1) is 10.6 Å². The van der Waals surface area contributed by atoms with Gasteiger partial charge in [-0.05, 0) is 51.8 Å². The minimum Gasteiger partial charge on any atom is -0.444 e. The Bertz CT molecular complexity index is 621. The molecule has 2 amide bonds. The van der Waals surface area contributed by atoms with Gasteiger partial charge in [0.1, 0.15) is 5.60 Å². The largest absolute Gasteiger partial charge is 0.444 e. The maximum absolute atomic E-state index is 12.3. The quantitative estimate of drug-likeness (QED) is 0.848. The molecule has 0 unspecified atom stereocenters. The third-order valence-electron chi connectivity index (χ3n) is 3.66. The Morgan fingerprint density at radius 2 is 1.83 bits per heavy atom. The number of amides is 2. The van der Waals surface area contributed by atoms with Crippen LogP contribution in [0, 0.1) is 0 Å². The first-order valence-electron chi connectivity index (χ1n) is 7.89. The number of nitrogens with one attached hydrogen (secondary N) is 1. The molecule has 5 nitrogen and oxygen atoms in total. The third kappa shape index (κ3) is 5.28. The summed E-state index contributed by atoms with van der Waals surface area (Å²) in [5.41, 5.74) is -0.108. The van der Waals surface area contributed by atoms with Gasteiger partial charge in [0.25, 0.3) is 5.91 Å². The second-order valence-corrected chi connectivity index (χ2v) is 7.68. The lowest BCUT2D eigenvalue weighted by molar-refractivity contribution is 0.0199. The zero-order valence-corrected chi connectivity index (χ0v) is 15.6. The van der Waals surface area contributed by atoms with E-state index in [-0.39, 0.29) is 18.0 Å². The van der Waals surface area contributed by atoms with Crippen LogP contribution in [-0.2, 0) is 4.74 Å². The van der Waals surface area contributed by atoms with Gasteiger partial charge in [-0.25, -0.2) is 4.79 Å². The van der Waals surface area contributed by atoms with E-state index in [0.717, 1.165) is 0 Å². The van der Waals surface area contributed by atoms with E-state index in [2.05, 4.69) is 5.32 Å². The first kappa shape index (κ1) is 18.9. The molecule has 0 atom stereocenters. The summed E-state index contributed by atoms with van der Waals surface area (Å²) in [6.45, 7) is 6.62. The van der Waals surface area contributed by atoms with Crippen molar-refractivity contribution in [1.29, 1.82) is 0 Å². The Morgan fingerprint density at radius 1 is 1.21 bits per heavy atom. The van der Waals surface area contributed by atoms with Gasteiger partial charge in [-0.1, -0.05) is 23.2 Å². The highest BCUT2D eigenvalue weighted by Gasteiger charge is 2.27. The zero-order chi connectivity index (χ0) is 17.9. The van der Waals surface area contributed by atoms with E-state index in [1.54, 1.807) is 23.1 Å². The monoisotopic (exact) mass is 372 g/mol. The van der Waals surface area contributed by atoms with Crippen molar-refractivity contribution >= 4 is 35.2 Å². The van der Waals surface area contributed by atoms with Gasteiger partial charge < -0.3 is 15.0 Å². The van der Waals surface area contributed by atoms with Crippen LogP contribution in [0.2, 0.25) is 10.0 Å². The lowest BCUT2D eigenvalue weighted by atomic mass is 10.0. The number of likely N-dealkylation sites (tertiary alicyclic amines) is 1. The molecular weight excluding hydrogens is 351 g/mol. The zero-order valence-electron chi connectivity index (χ0n) is 14.1. The molecule has 1 aliphatic heterocycles. The van der Waals surface area contributed by atoms with Gasteiger partial charge in [-0.15, -0.1) is 0 Å². The number of ether oxygens (including phenoxy) is 1. The Hall–Kier alpha value is -1.46. The summed E-state index contributed by atoms with van der Waals surface area (Å²) in [5.74, 6) is -0.229. The van der Waals surface area contributed by atoms with Gasteiger partial charge in [0.2, 0.25) is 0 Å². The number of rotatable bonds is 2. The molecule has 1 N–H and O–H groups in total. The minimum absolute atomic E-state index is 0.00271. The van der Waals surface area contributed by atoms with Gasteiger partial charge in [0.15, 0.2) is 0 Å². The summed E-state index contributed by atoms with van der Waals surface area (Å²) in [7, 11) is 0. The normalized spacial score (nSPS) is 16.0. The van der Waals surface area contributed by atoms with Crippen molar-refractivity contribution in [2.45, 2.75) is 45.3 Å². The van der Waals surface area contributed by atoms with Gasteiger partial charge in [0, 0.05) is 24.2 Å². The van der Waals surface area contributed by atoms with Crippen LogP contribution >= 0.6 is 23.2 Å². The Kier molecular flexibility index (Phi) is 5.99. The van der Waals surface area contributed by atoms with Crippen LogP contribution in [0.3, 0.4) is 0 Å². The SMILES string of the molecule is CC(C)(C)OC(=O)N1CCC(NC(=O)c2ccc(Cl)cc2Cl)CC1. The highest BCUT2D eigenvalue weighted by Crippen LogP contribution is 2.22. The minimum atomic E-state index is -0.506. The van der Waals surface area contributed by atoms with Crippen molar-refractivity contribution in [3.63, 3.8) is 0 Å². The average molecular weight is 373 g/mol. The fourth-order valence-corrected chi connectivity index (χ4v) is 2.96. The molecule has 1 fully saturated rings. The molecule has 24 heavy (non-hydrogen) atoms. The molecule has 2 rings (SSSR count). The second kappa shape index (κ2) is 7.62. The summed E-state index contributed by atoms with van der Waals surface area (Å²) in [6, 6.07) is 4.79. The predicted molar refractivity (Wildman–Crippen MR) is 94.8 cm³/mol. The summed E-state index contributed by atoms with van der Waals surface area (Å²) in [6.07, 6.45) is 1.04. The first-order chi connectivity index (χ1) is 11.2. The summed E-state index contributed by atoms with van der Waals surface area (Å²) < 4.78 is 5.36. The Labute approximate surface area is 152 Å². The lowest BCUT2D eigenvalue weighted by Crippen LogP contribution is -2.47. The molecule has 1 heterocycles. The number of halogens is 2. The third-order valence-corrected chi connectivity index (χ3v) is 4.21.